The molecule has 10 heteroatoms. The number of carbonyl (C=O) groups is 2. The second-order valence-electron chi connectivity index (χ2n) is 8.57. The molecule has 170 valence electrons. The number of hydrogen-bond donors (Lipinski definition) is 2. The highest BCUT2D eigenvalue weighted by atomic mass is 35.5. The minimum atomic E-state index is -4.07. The summed E-state index contributed by atoms with van der Waals surface area (Å²) in [5, 5.41) is 10.1. The van der Waals surface area contributed by atoms with E-state index in [1.54, 1.807) is 12.1 Å². The van der Waals surface area contributed by atoms with Gasteiger partial charge in [0, 0.05) is 6.07 Å². The molecule has 1 aliphatic rings. The van der Waals surface area contributed by atoms with Crippen LogP contribution in [0.3, 0.4) is 0 Å². The number of nitrogens with one attached hydrogen (secondary N) is 1. The number of amides is 2. The van der Waals surface area contributed by atoms with E-state index in [1.807, 2.05) is 20.8 Å². The zero-order valence-corrected chi connectivity index (χ0v) is 19.6. The molecular weight excluding hydrogens is 466 g/mol. The molecule has 0 saturated heterocycles. The first-order chi connectivity index (χ1) is 15.4. The molecule has 0 fully saturated rings. The number of imide groups is 1. The number of hydrogen-bond acceptors (Lipinski definition) is 5. The maximum absolute atomic E-state index is 13.2. The Bertz CT molecular complexity index is 1400. The molecule has 1 aliphatic heterocycles. The van der Waals surface area contributed by atoms with Crippen molar-refractivity contribution in [3.05, 3.63) is 82.5 Å². The van der Waals surface area contributed by atoms with Crippen molar-refractivity contribution in [1.82, 2.24) is 0 Å². The lowest BCUT2D eigenvalue weighted by Gasteiger charge is -2.19. The quantitative estimate of drug-likeness (QED) is 0.331. The second kappa shape index (κ2) is 7.86. The van der Waals surface area contributed by atoms with Crippen molar-refractivity contribution in [3.8, 4) is 0 Å². The maximum Gasteiger partial charge on any atom is 0.352 e. The van der Waals surface area contributed by atoms with Crippen LogP contribution >= 0.6 is 11.6 Å². The molecule has 4 rings (SSSR count). The van der Waals surface area contributed by atoms with Gasteiger partial charge in [-0.25, -0.2) is 18.0 Å². The molecule has 0 atom stereocenters. The van der Waals surface area contributed by atoms with E-state index in [0.717, 1.165) is 10.5 Å². The zero-order valence-electron chi connectivity index (χ0n) is 18.0. The highest BCUT2D eigenvalue weighted by molar-refractivity contribution is 7.92. The minimum Gasteiger partial charge on any atom is -0.350 e. The third-order valence-corrected chi connectivity index (χ3v) is 7.01. The molecule has 3 aromatic rings. The molecule has 0 unspecified atom stereocenters. The fourth-order valence-corrected chi connectivity index (χ4v) is 4.87. The number of sulfonamides is 1. The van der Waals surface area contributed by atoms with E-state index in [4.69, 9.17) is 11.6 Å². The van der Waals surface area contributed by atoms with Crippen molar-refractivity contribution < 1.29 is 27.9 Å². The van der Waals surface area contributed by atoms with Gasteiger partial charge in [0.15, 0.2) is 0 Å². The predicted molar refractivity (Wildman–Crippen MR) is 122 cm³/mol. The lowest BCUT2D eigenvalue weighted by atomic mass is 9.87. The molecule has 2 amide bonds. The number of fused-ring (bicyclic) bond motifs is 1. The molecular formula is C23H21ClN3O5S+. The number of anilines is 2. The number of nitrogens with zero attached hydrogens (tertiary/aromatic N) is 2. The summed E-state index contributed by atoms with van der Waals surface area (Å²) >= 11 is 6.20. The third-order valence-electron chi connectivity index (χ3n) is 5.31. The Balaban J connectivity index is 1.75. The topological polar surface area (TPSA) is 108 Å². The van der Waals surface area contributed by atoms with Crippen LogP contribution in [0.15, 0.2) is 65.7 Å². The van der Waals surface area contributed by atoms with Crippen LogP contribution in [0.25, 0.3) is 0 Å². The largest absolute Gasteiger partial charge is 0.352 e. The van der Waals surface area contributed by atoms with Gasteiger partial charge in [-0.05, 0) is 41.3 Å². The van der Waals surface area contributed by atoms with E-state index in [1.165, 1.54) is 48.7 Å². The minimum absolute atomic E-state index is 0.00379. The predicted octanol–water partition coefficient (Wildman–Crippen LogP) is 3.76. The van der Waals surface area contributed by atoms with Crippen molar-refractivity contribution in [3.63, 3.8) is 0 Å². The van der Waals surface area contributed by atoms with Crippen molar-refractivity contribution in [2.75, 3.05) is 9.62 Å². The standard InChI is InChI=1S/C23H20ClN3O5S/c1-23(2,3)14-7-9-15(10-8-14)33(31,32)25-17-12-11-16(24)19-20(17)22(29)27(21(19)28)18-6-4-5-13-26(18)30/h4-13H,1-3H3,(H-,25,29,30)/p+1. The van der Waals surface area contributed by atoms with Crippen LogP contribution in [0, 0.1) is 0 Å². The van der Waals surface area contributed by atoms with Gasteiger partial charge in [-0.3, -0.25) is 4.72 Å². The van der Waals surface area contributed by atoms with Gasteiger partial charge in [-0.2, -0.15) is 0 Å². The van der Waals surface area contributed by atoms with Crippen LogP contribution in [0.4, 0.5) is 11.5 Å². The van der Waals surface area contributed by atoms with Crippen LogP contribution in [0.5, 0.6) is 0 Å². The molecule has 2 aromatic carbocycles. The summed E-state index contributed by atoms with van der Waals surface area (Å²) in [6, 6.07) is 13.5. The first-order valence-corrected chi connectivity index (χ1v) is 11.8. The van der Waals surface area contributed by atoms with Gasteiger partial charge in [0.25, 0.3) is 10.0 Å². The van der Waals surface area contributed by atoms with E-state index in [2.05, 4.69) is 4.72 Å². The number of pyridine rings is 1. The molecule has 0 bridgehead atoms. The maximum atomic E-state index is 13.2. The van der Waals surface area contributed by atoms with Gasteiger partial charge in [-0.1, -0.05) is 55.3 Å². The monoisotopic (exact) mass is 486 g/mol. The number of benzene rings is 2. The normalized spacial score (nSPS) is 13.9. The summed E-state index contributed by atoms with van der Waals surface area (Å²) in [6.45, 7) is 6.05. The summed E-state index contributed by atoms with van der Waals surface area (Å²) in [7, 11) is -4.07. The highest BCUT2D eigenvalue weighted by Crippen LogP contribution is 2.37. The summed E-state index contributed by atoms with van der Waals surface area (Å²) < 4.78 is 29.1. The van der Waals surface area contributed by atoms with E-state index >= 15 is 0 Å². The van der Waals surface area contributed by atoms with Crippen molar-refractivity contribution in [1.29, 1.82) is 0 Å². The Kier molecular flexibility index (Phi) is 5.42. The molecule has 8 nitrogen and oxygen atoms in total. The van der Waals surface area contributed by atoms with Crippen molar-refractivity contribution in [2.45, 2.75) is 31.1 Å². The average Bonchev–Trinajstić information content (AvgIpc) is 3.01. The van der Waals surface area contributed by atoms with E-state index in [9.17, 15) is 23.2 Å². The molecule has 2 N–H and O–H groups in total. The average molecular weight is 487 g/mol. The lowest BCUT2D eigenvalue weighted by Crippen LogP contribution is -2.42. The fourth-order valence-electron chi connectivity index (χ4n) is 3.56. The molecule has 0 radical (unpaired) electrons. The second-order valence-corrected chi connectivity index (χ2v) is 10.7. The van der Waals surface area contributed by atoms with Crippen molar-refractivity contribution in [2.24, 2.45) is 0 Å². The first-order valence-electron chi connectivity index (χ1n) is 9.96. The first kappa shape index (κ1) is 22.8. The third kappa shape index (κ3) is 3.94. The van der Waals surface area contributed by atoms with Crippen LogP contribution in [-0.4, -0.2) is 25.4 Å². The Labute approximate surface area is 196 Å². The zero-order chi connectivity index (χ0) is 24.1. The summed E-state index contributed by atoms with van der Waals surface area (Å²) in [5.74, 6) is -1.69. The van der Waals surface area contributed by atoms with E-state index < -0.39 is 21.8 Å². The van der Waals surface area contributed by atoms with Gasteiger partial charge in [0.2, 0.25) is 0 Å². The van der Waals surface area contributed by atoms with Gasteiger partial charge >= 0.3 is 17.6 Å². The Morgan fingerprint density at radius 3 is 2.18 bits per heavy atom. The summed E-state index contributed by atoms with van der Waals surface area (Å²) in [4.78, 5) is 27.0. The molecule has 1 aromatic heterocycles. The fraction of sp³-hybridized carbons (Fsp3) is 0.174. The molecule has 33 heavy (non-hydrogen) atoms. The Morgan fingerprint density at radius 1 is 0.939 bits per heavy atom. The molecule has 0 spiro atoms. The van der Waals surface area contributed by atoms with Gasteiger partial charge in [0.1, 0.15) is 17.3 Å². The van der Waals surface area contributed by atoms with Gasteiger partial charge in [0.05, 0.1) is 15.6 Å². The van der Waals surface area contributed by atoms with E-state index in [-0.39, 0.29) is 38.0 Å². The Morgan fingerprint density at radius 2 is 1.58 bits per heavy atom. The highest BCUT2D eigenvalue weighted by Gasteiger charge is 2.48. The van der Waals surface area contributed by atoms with E-state index in [0.29, 0.717) is 4.73 Å². The molecule has 2 heterocycles. The molecule has 0 saturated carbocycles. The smallest absolute Gasteiger partial charge is 0.350 e. The van der Waals surface area contributed by atoms with Crippen LogP contribution in [0.1, 0.15) is 47.1 Å². The van der Waals surface area contributed by atoms with Gasteiger partial charge < -0.3 is 5.21 Å². The SMILES string of the molecule is CC(C)(C)c1ccc(S(=O)(=O)Nc2ccc(Cl)c3c2C(=O)N(c2cccc[n+]2O)C3=O)cc1. The summed E-state index contributed by atoms with van der Waals surface area (Å²) in [6.07, 6.45) is 1.26. The Hall–Kier alpha value is -3.43. The van der Waals surface area contributed by atoms with Crippen LogP contribution in [0.2, 0.25) is 5.02 Å². The molecule has 0 aliphatic carbocycles. The number of aromatic nitrogens is 1. The number of halogens is 1. The lowest BCUT2D eigenvalue weighted by molar-refractivity contribution is -0.894. The van der Waals surface area contributed by atoms with Gasteiger partial charge in [-0.15, -0.1) is 4.90 Å². The van der Waals surface area contributed by atoms with Crippen LogP contribution in [-0.2, 0) is 15.4 Å². The number of rotatable bonds is 4. The number of carbonyl (C=O) groups excluding carboxylic acids is 2. The van der Waals surface area contributed by atoms with Crippen molar-refractivity contribution >= 4 is 44.9 Å². The van der Waals surface area contributed by atoms with Crippen LogP contribution < -0.4 is 14.4 Å². The summed E-state index contributed by atoms with van der Waals surface area (Å²) in [5.41, 5.74) is 0.394.